The predicted octanol–water partition coefficient (Wildman–Crippen LogP) is 3.39. The van der Waals surface area contributed by atoms with Crippen molar-refractivity contribution in [3.8, 4) is 0 Å². The predicted molar refractivity (Wildman–Crippen MR) is 76.2 cm³/mol. The van der Waals surface area contributed by atoms with E-state index in [4.69, 9.17) is 5.11 Å². The summed E-state index contributed by atoms with van der Waals surface area (Å²) in [5.41, 5.74) is 0.631. The molecule has 0 saturated carbocycles. The third-order valence-electron chi connectivity index (χ3n) is 4.26. The molecule has 0 unspecified atom stereocenters. The number of piperidine rings is 1. The smallest absolute Gasteiger partial charge is 0.335 e. The molecule has 110 valence electrons. The maximum Gasteiger partial charge on any atom is 0.335 e. The van der Waals surface area contributed by atoms with E-state index >= 15 is 0 Å². The van der Waals surface area contributed by atoms with Crippen molar-refractivity contribution in [2.45, 2.75) is 33.2 Å². The number of likely N-dealkylation sites (tertiary alicyclic amines) is 1. The van der Waals surface area contributed by atoms with E-state index in [9.17, 15) is 9.18 Å². The van der Waals surface area contributed by atoms with Gasteiger partial charge in [-0.3, -0.25) is 4.90 Å². The van der Waals surface area contributed by atoms with Gasteiger partial charge in [0.1, 0.15) is 5.82 Å². The summed E-state index contributed by atoms with van der Waals surface area (Å²) in [7, 11) is 0. The number of carboxylic acids is 1. The lowest BCUT2D eigenvalue weighted by Crippen LogP contribution is -2.35. The molecule has 3 nitrogen and oxygen atoms in total. The van der Waals surface area contributed by atoms with E-state index in [-0.39, 0.29) is 11.4 Å². The molecule has 0 amide bonds. The molecule has 0 spiro atoms. The Morgan fingerprint density at radius 2 is 2.05 bits per heavy atom. The van der Waals surface area contributed by atoms with Crippen LogP contribution in [-0.4, -0.2) is 29.1 Å². The highest BCUT2D eigenvalue weighted by Gasteiger charge is 2.22. The fourth-order valence-electron chi connectivity index (χ4n) is 2.85. The maximum atomic E-state index is 13.8. The van der Waals surface area contributed by atoms with E-state index in [1.807, 2.05) is 0 Å². The van der Waals surface area contributed by atoms with Crippen molar-refractivity contribution < 1.29 is 14.3 Å². The fraction of sp³-hybridized carbons (Fsp3) is 0.562. The van der Waals surface area contributed by atoms with Crippen LogP contribution in [0.5, 0.6) is 0 Å². The molecule has 0 aromatic heterocycles. The molecule has 0 radical (unpaired) electrons. The number of carbonyl (C=O) groups is 1. The van der Waals surface area contributed by atoms with Crippen LogP contribution < -0.4 is 0 Å². The Balaban J connectivity index is 2.00. The third kappa shape index (κ3) is 3.57. The number of benzene rings is 1. The van der Waals surface area contributed by atoms with Gasteiger partial charge in [0.2, 0.25) is 0 Å². The van der Waals surface area contributed by atoms with Crippen molar-refractivity contribution in [3.05, 3.63) is 35.1 Å². The molecule has 1 aliphatic heterocycles. The molecule has 1 fully saturated rings. The Kier molecular flexibility index (Phi) is 4.76. The van der Waals surface area contributed by atoms with E-state index in [0.29, 0.717) is 18.0 Å². The van der Waals surface area contributed by atoms with Gasteiger partial charge in [0.05, 0.1) is 5.56 Å². The molecule has 0 aliphatic carbocycles. The molecule has 0 bridgehead atoms. The summed E-state index contributed by atoms with van der Waals surface area (Å²) >= 11 is 0. The van der Waals surface area contributed by atoms with Gasteiger partial charge in [-0.2, -0.15) is 0 Å². The summed E-state index contributed by atoms with van der Waals surface area (Å²) in [4.78, 5) is 13.1. The Hall–Kier alpha value is -1.42. The molecular formula is C16H22FNO2. The van der Waals surface area contributed by atoms with Gasteiger partial charge in [-0.1, -0.05) is 13.8 Å². The fourth-order valence-corrected chi connectivity index (χ4v) is 2.85. The summed E-state index contributed by atoms with van der Waals surface area (Å²) in [5.74, 6) is 0.122. The van der Waals surface area contributed by atoms with Crippen molar-refractivity contribution in [2.75, 3.05) is 13.1 Å². The normalized spacial score (nSPS) is 17.6. The summed E-state index contributed by atoms with van der Waals surface area (Å²) in [6.45, 7) is 6.91. The third-order valence-corrected chi connectivity index (χ3v) is 4.26. The summed E-state index contributed by atoms with van der Waals surface area (Å²) in [5, 5.41) is 8.97. The lowest BCUT2D eigenvalue weighted by atomic mass is 9.86. The van der Waals surface area contributed by atoms with E-state index in [1.165, 1.54) is 18.2 Å². The average Bonchev–Trinajstić information content (AvgIpc) is 2.41. The zero-order valence-electron chi connectivity index (χ0n) is 12.1. The molecule has 2 rings (SSSR count). The quantitative estimate of drug-likeness (QED) is 0.918. The molecule has 20 heavy (non-hydrogen) atoms. The van der Waals surface area contributed by atoms with Gasteiger partial charge in [0, 0.05) is 12.1 Å². The maximum absolute atomic E-state index is 13.8. The molecule has 1 aromatic rings. The van der Waals surface area contributed by atoms with E-state index in [2.05, 4.69) is 18.7 Å². The minimum absolute atomic E-state index is 0.151. The molecule has 1 heterocycles. The van der Waals surface area contributed by atoms with Crippen LogP contribution in [0.1, 0.15) is 42.6 Å². The first-order valence-electron chi connectivity index (χ1n) is 7.21. The Morgan fingerprint density at radius 3 is 2.60 bits per heavy atom. The van der Waals surface area contributed by atoms with Crippen LogP contribution in [0.3, 0.4) is 0 Å². The van der Waals surface area contributed by atoms with Gasteiger partial charge in [-0.15, -0.1) is 0 Å². The number of aromatic carboxylic acids is 1. The standard InChI is InChI=1S/C16H22FNO2/c1-11(2)12-5-7-18(8-6-12)10-14-9-13(16(19)20)3-4-15(14)17/h3-4,9,11-12H,5-8,10H2,1-2H3,(H,19,20). The SMILES string of the molecule is CC(C)C1CCN(Cc2cc(C(=O)O)ccc2F)CC1. The zero-order chi connectivity index (χ0) is 14.7. The van der Waals surface area contributed by atoms with Crippen LogP contribution in [0.4, 0.5) is 4.39 Å². The lowest BCUT2D eigenvalue weighted by Gasteiger charge is -2.33. The van der Waals surface area contributed by atoms with Crippen LogP contribution in [-0.2, 0) is 6.54 Å². The highest BCUT2D eigenvalue weighted by molar-refractivity contribution is 5.87. The summed E-state index contributed by atoms with van der Waals surface area (Å²) < 4.78 is 13.8. The second kappa shape index (κ2) is 6.35. The van der Waals surface area contributed by atoms with E-state index in [0.717, 1.165) is 31.8 Å². The van der Waals surface area contributed by atoms with Gasteiger partial charge >= 0.3 is 5.97 Å². The molecule has 1 aliphatic rings. The first kappa shape index (κ1) is 15.0. The van der Waals surface area contributed by atoms with Gasteiger partial charge in [0.25, 0.3) is 0 Å². The lowest BCUT2D eigenvalue weighted by molar-refractivity contribution is 0.0696. The number of hydrogen-bond acceptors (Lipinski definition) is 2. The van der Waals surface area contributed by atoms with Gasteiger partial charge in [0.15, 0.2) is 0 Å². The average molecular weight is 279 g/mol. The van der Waals surface area contributed by atoms with Crippen LogP contribution >= 0.6 is 0 Å². The number of hydrogen-bond donors (Lipinski definition) is 1. The van der Waals surface area contributed by atoms with Gasteiger partial charge in [-0.25, -0.2) is 9.18 Å². The van der Waals surface area contributed by atoms with Crippen LogP contribution in [0.15, 0.2) is 18.2 Å². The van der Waals surface area contributed by atoms with Crippen molar-refractivity contribution in [3.63, 3.8) is 0 Å². The molecule has 1 N–H and O–H groups in total. The largest absolute Gasteiger partial charge is 0.478 e. The van der Waals surface area contributed by atoms with Crippen molar-refractivity contribution >= 4 is 5.97 Å². The Labute approximate surface area is 119 Å². The van der Waals surface area contributed by atoms with E-state index in [1.54, 1.807) is 0 Å². The van der Waals surface area contributed by atoms with Crippen molar-refractivity contribution in [1.29, 1.82) is 0 Å². The van der Waals surface area contributed by atoms with Crippen LogP contribution in [0.25, 0.3) is 0 Å². The first-order valence-corrected chi connectivity index (χ1v) is 7.21. The minimum atomic E-state index is -1.01. The first-order chi connectivity index (χ1) is 9.47. The topological polar surface area (TPSA) is 40.5 Å². The molecule has 4 heteroatoms. The second-order valence-corrected chi connectivity index (χ2v) is 5.97. The van der Waals surface area contributed by atoms with Crippen LogP contribution in [0.2, 0.25) is 0 Å². The van der Waals surface area contributed by atoms with Gasteiger partial charge in [-0.05, 0) is 56.0 Å². The Bertz CT molecular complexity index is 479. The van der Waals surface area contributed by atoms with Crippen molar-refractivity contribution in [2.24, 2.45) is 11.8 Å². The second-order valence-electron chi connectivity index (χ2n) is 5.97. The molecule has 1 aromatic carbocycles. The molecule has 1 saturated heterocycles. The summed E-state index contributed by atoms with van der Waals surface area (Å²) in [6, 6.07) is 4.01. The molecule has 0 atom stereocenters. The van der Waals surface area contributed by atoms with Crippen molar-refractivity contribution in [1.82, 2.24) is 4.90 Å². The monoisotopic (exact) mass is 279 g/mol. The number of rotatable bonds is 4. The summed E-state index contributed by atoms with van der Waals surface area (Å²) in [6.07, 6.45) is 2.27. The minimum Gasteiger partial charge on any atom is -0.478 e. The molecular weight excluding hydrogens is 257 g/mol. The number of nitrogens with zero attached hydrogens (tertiary/aromatic N) is 1. The Morgan fingerprint density at radius 1 is 1.40 bits per heavy atom. The zero-order valence-corrected chi connectivity index (χ0v) is 12.1. The highest BCUT2D eigenvalue weighted by atomic mass is 19.1. The number of carboxylic acid groups (broad SMARTS) is 1. The van der Waals surface area contributed by atoms with E-state index < -0.39 is 5.97 Å². The van der Waals surface area contributed by atoms with Crippen LogP contribution in [0, 0.1) is 17.7 Å². The number of halogens is 1. The highest BCUT2D eigenvalue weighted by Crippen LogP contribution is 2.25. The van der Waals surface area contributed by atoms with Gasteiger partial charge < -0.3 is 5.11 Å².